The maximum Gasteiger partial charge on any atom is -1.00 e. The van der Waals surface area contributed by atoms with Gasteiger partial charge in [0, 0.05) is 0 Å². The number of nitrogens with zero attached hydrogens (tertiary/aromatic N) is 2. The number of hydrogen-bond acceptors (Lipinski definition) is 2. The van der Waals surface area contributed by atoms with Gasteiger partial charge in [-0.2, -0.15) is 0 Å². The van der Waals surface area contributed by atoms with E-state index in [0.717, 1.165) is 22.3 Å². The van der Waals surface area contributed by atoms with E-state index < -0.39 is 0 Å². The molecule has 2 N–H and O–H groups in total. The zero-order valence-electron chi connectivity index (χ0n) is 23.0. The second kappa shape index (κ2) is 10.8. The number of benzene rings is 2. The Morgan fingerprint density at radius 1 is 0.722 bits per heavy atom. The molecule has 196 valence electrons. The average Bonchev–Trinajstić information content (AvgIpc) is 3.08. The minimum absolute atomic E-state index is 0. The number of rotatable bonds is 2. The SMILES string of the molecule is Cc1cc(C=[N+]2[Cr][N+](=Cc3cc(C)cc(C(C)(C)C)c3O)[C@@H]3CCCC[C@H]32)c(O)c(C(C)(C)C)c1.[I-]. The van der Waals surface area contributed by atoms with E-state index in [1.165, 1.54) is 36.8 Å². The minimum atomic E-state index is -0.116. The predicted octanol–water partition coefficient (Wildman–Crippen LogP) is 3.11. The zero-order chi connectivity index (χ0) is 25.7. The van der Waals surface area contributed by atoms with Gasteiger partial charge in [-0.15, -0.1) is 0 Å². The molecule has 2 atom stereocenters. The van der Waals surface area contributed by atoms with Crippen LogP contribution < -0.4 is 24.0 Å². The van der Waals surface area contributed by atoms with Gasteiger partial charge in [0.25, 0.3) is 0 Å². The number of fused-ring (bicyclic) bond motifs is 1. The van der Waals surface area contributed by atoms with Crippen molar-refractivity contribution in [2.24, 2.45) is 0 Å². The van der Waals surface area contributed by atoms with E-state index in [4.69, 9.17) is 0 Å². The van der Waals surface area contributed by atoms with E-state index in [-0.39, 0.29) is 50.5 Å². The molecular formula is C30H42CrIN2O2+. The molecule has 4 rings (SSSR count). The van der Waals surface area contributed by atoms with Crippen LogP contribution in [-0.4, -0.2) is 41.8 Å². The number of hydrogen-bond donors (Lipinski definition) is 2. The molecule has 6 heteroatoms. The van der Waals surface area contributed by atoms with Crippen molar-refractivity contribution < 1.29 is 57.0 Å². The van der Waals surface area contributed by atoms with Crippen molar-refractivity contribution in [2.75, 3.05) is 0 Å². The summed E-state index contributed by atoms with van der Waals surface area (Å²) in [5, 5.41) is 22.3. The molecule has 0 amide bonds. The van der Waals surface area contributed by atoms with Crippen molar-refractivity contribution >= 4 is 12.4 Å². The molecule has 0 unspecified atom stereocenters. The second-order valence-electron chi connectivity index (χ2n) is 12.5. The number of phenolic OH excluding ortho intramolecular Hbond substituents is 2. The Balaban J connectivity index is 0.00000361. The second-order valence-corrected chi connectivity index (χ2v) is 14.1. The summed E-state index contributed by atoms with van der Waals surface area (Å²) in [5.41, 5.74) is 5.94. The summed E-state index contributed by atoms with van der Waals surface area (Å²) in [6.07, 6.45) is 9.22. The first-order chi connectivity index (χ1) is 16.3. The molecule has 2 aromatic carbocycles. The number of aryl methyl sites for hydroxylation is 2. The number of phenols is 2. The standard InChI is InChI=1S/C30H42N2O2.Cr.HI/c1-19-13-21(27(33)23(15-19)29(3,4)5)17-31-25-11-9-10-12-26(25)32-18-22-14-20(2)16-24(28(22)34)30(6,7)8;;/h13-18,25-26,33-34H,9-12H2,1-8H3;;1H/q;+2;/p-1/t25-,26-;;/m1../s1. The molecule has 0 radical (unpaired) electrons. The molecule has 1 aliphatic carbocycles. The number of halogens is 1. The van der Waals surface area contributed by atoms with Crippen molar-refractivity contribution in [1.29, 1.82) is 0 Å². The van der Waals surface area contributed by atoms with Crippen LogP contribution in [0, 0.1) is 13.8 Å². The third-order valence-electron chi connectivity index (χ3n) is 7.25. The molecule has 2 aliphatic rings. The van der Waals surface area contributed by atoms with Gasteiger partial charge < -0.3 is 24.0 Å². The molecule has 1 aliphatic heterocycles. The third kappa shape index (κ3) is 6.03. The predicted molar refractivity (Wildman–Crippen MR) is 140 cm³/mol. The molecule has 2 fully saturated rings. The van der Waals surface area contributed by atoms with Crippen molar-refractivity contribution in [3.05, 3.63) is 57.6 Å². The smallest absolute Gasteiger partial charge is 1.00 e. The topological polar surface area (TPSA) is 46.5 Å². The van der Waals surface area contributed by atoms with Crippen LogP contribution in [0.4, 0.5) is 0 Å². The third-order valence-corrected chi connectivity index (χ3v) is 9.02. The molecule has 0 spiro atoms. The Labute approximate surface area is 241 Å². The minimum Gasteiger partial charge on any atom is -1.00 e. The Morgan fingerprint density at radius 2 is 1.08 bits per heavy atom. The van der Waals surface area contributed by atoms with Crippen LogP contribution in [0.15, 0.2) is 24.3 Å². The molecule has 4 nitrogen and oxygen atoms in total. The summed E-state index contributed by atoms with van der Waals surface area (Å²) in [6, 6.07) is 9.30. The molecule has 36 heavy (non-hydrogen) atoms. The molecule has 2 aromatic rings. The van der Waals surface area contributed by atoms with Crippen molar-refractivity contribution in [2.45, 2.75) is 104 Å². The molecule has 1 saturated heterocycles. The van der Waals surface area contributed by atoms with Crippen LogP contribution in [0.1, 0.15) is 101 Å². The monoisotopic (exact) mass is 641 g/mol. The first kappa shape index (κ1) is 29.2. The fourth-order valence-electron chi connectivity index (χ4n) is 5.38. The van der Waals surface area contributed by atoms with Gasteiger partial charge in [-0.3, -0.25) is 0 Å². The van der Waals surface area contributed by atoms with Crippen LogP contribution in [0.3, 0.4) is 0 Å². The van der Waals surface area contributed by atoms with Gasteiger partial charge in [0.05, 0.1) is 0 Å². The van der Waals surface area contributed by atoms with Crippen LogP contribution in [0.2, 0.25) is 0 Å². The first-order valence-corrected chi connectivity index (χ1v) is 14.0. The Kier molecular flexibility index (Phi) is 8.75. The van der Waals surface area contributed by atoms with Gasteiger partial charge in [0.2, 0.25) is 0 Å². The summed E-state index contributed by atoms with van der Waals surface area (Å²) < 4.78 is 4.96. The van der Waals surface area contributed by atoms with E-state index in [1.54, 1.807) is 0 Å². The van der Waals surface area contributed by atoms with Crippen molar-refractivity contribution in [3.63, 3.8) is 0 Å². The molecular weight excluding hydrogens is 599 g/mol. The summed E-state index contributed by atoms with van der Waals surface area (Å²) in [7, 11) is 0. The summed E-state index contributed by atoms with van der Waals surface area (Å²) in [5.74, 6) is 0.805. The Bertz CT molecular complexity index is 1110. The van der Waals surface area contributed by atoms with Gasteiger partial charge in [-0.25, -0.2) is 0 Å². The first-order valence-electron chi connectivity index (χ1n) is 12.9. The average molecular weight is 642 g/mol. The van der Waals surface area contributed by atoms with Gasteiger partial charge in [0.15, 0.2) is 0 Å². The van der Waals surface area contributed by atoms with Gasteiger partial charge in [0.1, 0.15) is 0 Å². The van der Waals surface area contributed by atoms with Crippen LogP contribution in [0.5, 0.6) is 11.5 Å². The van der Waals surface area contributed by atoms with Gasteiger partial charge in [-0.05, 0) is 0 Å². The molecule has 1 saturated carbocycles. The van der Waals surface area contributed by atoms with E-state index >= 15 is 0 Å². The van der Waals surface area contributed by atoms with E-state index in [1.807, 2.05) is 0 Å². The normalized spacial score (nSPS) is 22.6. The maximum absolute atomic E-state index is 11.2. The van der Waals surface area contributed by atoms with Crippen molar-refractivity contribution in [3.8, 4) is 11.5 Å². The molecule has 0 bridgehead atoms. The van der Waals surface area contributed by atoms with Crippen LogP contribution >= 0.6 is 0 Å². The molecule has 1 heterocycles. The van der Waals surface area contributed by atoms with Crippen molar-refractivity contribution in [1.82, 2.24) is 0 Å². The Hall–Kier alpha value is -1.36. The van der Waals surface area contributed by atoms with Crippen LogP contribution in [-0.2, 0) is 26.5 Å². The maximum atomic E-state index is 11.2. The van der Waals surface area contributed by atoms with Gasteiger partial charge in [-0.1, -0.05) is 0 Å². The van der Waals surface area contributed by atoms with Gasteiger partial charge >= 0.3 is 219 Å². The summed E-state index contributed by atoms with van der Waals surface area (Å²) >= 11 is 0.0514. The van der Waals surface area contributed by atoms with Crippen LogP contribution in [0.25, 0.3) is 0 Å². The summed E-state index contributed by atoms with van der Waals surface area (Å²) in [6.45, 7) is 17.1. The van der Waals surface area contributed by atoms with E-state index in [9.17, 15) is 10.2 Å². The quantitative estimate of drug-likeness (QED) is 0.496. The molecule has 0 aromatic heterocycles. The fraction of sp³-hybridized carbons (Fsp3) is 0.533. The zero-order valence-corrected chi connectivity index (χ0v) is 26.5. The summed E-state index contributed by atoms with van der Waals surface area (Å²) in [4.78, 5) is 0. The van der Waals surface area contributed by atoms with E-state index in [0.29, 0.717) is 23.6 Å². The van der Waals surface area contributed by atoms with E-state index in [2.05, 4.69) is 99.2 Å². The fourth-order valence-corrected chi connectivity index (χ4v) is 7.37. The Morgan fingerprint density at radius 3 is 1.42 bits per heavy atom. The number of aromatic hydroxyl groups is 2. The largest absolute Gasteiger partial charge is 1.00 e.